The average molecular weight is 1170 g/mol. The van der Waals surface area contributed by atoms with Crippen molar-refractivity contribution in [3.8, 4) is 34.9 Å². The van der Waals surface area contributed by atoms with E-state index in [1.165, 1.54) is 83.2 Å². The maximum atomic E-state index is 12.4. The molecular formula is C81H48FN9. The third-order valence-corrected chi connectivity index (χ3v) is 17.9. The van der Waals surface area contributed by atoms with E-state index in [0.717, 1.165) is 82.5 Å². The van der Waals surface area contributed by atoms with Gasteiger partial charge in [0.15, 0.2) is 0 Å². The molecule has 0 atom stereocenters. The van der Waals surface area contributed by atoms with Crippen LogP contribution in [-0.4, -0.2) is 28.2 Å². The predicted octanol–water partition coefficient (Wildman–Crippen LogP) is 21.2. The zero-order valence-corrected chi connectivity index (χ0v) is 48.6. The summed E-state index contributed by atoms with van der Waals surface area (Å²) in [6.45, 7) is 6.47. The largest absolute Gasteiger partial charge is 0.354 e. The number of nitriles is 2. The number of aromatic nitrogens is 6. The summed E-state index contributed by atoms with van der Waals surface area (Å²) in [6.07, 6.45) is 0. The van der Waals surface area contributed by atoms with Crippen molar-refractivity contribution in [2.75, 3.05) is 0 Å². The zero-order chi connectivity index (χ0) is 60.8. The van der Waals surface area contributed by atoms with Crippen molar-refractivity contribution in [1.82, 2.24) is 28.2 Å². The summed E-state index contributed by atoms with van der Waals surface area (Å²) in [6, 6.07) is 99.8. The molecule has 0 aliphatic rings. The number of para-hydroxylation sites is 9. The van der Waals surface area contributed by atoms with Gasteiger partial charge in [-0.1, -0.05) is 176 Å². The van der Waals surface area contributed by atoms with Crippen LogP contribution in [0.3, 0.4) is 0 Å². The van der Waals surface area contributed by atoms with Crippen LogP contribution >= 0.6 is 0 Å². The first-order chi connectivity index (χ1) is 45.0. The van der Waals surface area contributed by atoms with Gasteiger partial charge in [0.2, 0.25) is 5.69 Å². The second-order valence-electron chi connectivity index (χ2n) is 22.7. The first kappa shape index (κ1) is 52.4. The SMILES string of the molecule is N#Cc1ccccc1-n1c2ccccc2c2c1ccc1c3ccc4c(c5ccccc5n4-c4ccccc4C#N)c3n(-c3ccccc3)c12.[C-]#[N+]c1ccccc1F.c1ccc(-n2c3c(ccc4[nH]c5ccccc5c43)c3ccc4[nH]c5ccccc5c4c32)cc1. The molecule has 0 radical (unpaired) electrons. The number of nitrogens with zero attached hydrogens (tertiary/aromatic N) is 7. The fourth-order valence-corrected chi connectivity index (χ4v) is 14.2. The minimum Gasteiger partial charge on any atom is -0.354 e. The van der Waals surface area contributed by atoms with Gasteiger partial charge in [-0.3, -0.25) is 0 Å². The highest BCUT2D eigenvalue weighted by Gasteiger charge is 2.26. The van der Waals surface area contributed by atoms with E-state index in [9.17, 15) is 14.9 Å². The normalized spacial score (nSPS) is 11.5. The number of nitrogens with one attached hydrogen (secondary N) is 2. The molecule has 6 heterocycles. The molecule has 9 nitrogen and oxygen atoms in total. The van der Waals surface area contributed by atoms with Crippen LogP contribution in [0.15, 0.2) is 279 Å². The third kappa shape index (κ3) is 7.92. The summed E-state index contributed by atoms with van der Waals surface area (Å²) in [5.74, 6) is -0.451. The minimum atomic E-state index is -0.451. The number of halogens is 1. The van der Waals surface area contributed by atoms with Gasteiger partial charge in [0.1, 0.15) is 18.0 Å². The Hall–Kier alpha value is -12.9. The Morgan fingerprint density at radius 2 is 0.670 bits per heavy atom. The van der Waals surface area contributed by atoms with Crippen molar-refractivity contribution >= 4 is 137 Å². The number of H-pyrrole nitrogens is 2. The second-order valence-corrected chi connectivity index (χ2v) is 22.7. The van der Waals surface area contributed by atoms with Crippen molar-refractivity contribution in [3.63, 3.8) is 0 Å². The van der Waals surface area contributed by atoms with Gasteiger partial charge in [0.25, 0.3) is 0 Å². The number of hydrogen-bond donors (Lipinski definition) is 2. The highest BCUT2D eigenvalue weighted by molar-refractivity contribution is 6.33. The van der Waals surface area contributed by atoms with E-state index in [4.69, 9.17) is 6.57 Å². The molecule has 19 aromatic rings. The number of fused-ring (bicyclic) bond motifs is 22. The van der Waals surface area contributed by atoms with E-state index in [2.05, 4.69) is 251 Å². The minimum absolute atomic E-state index is 0.0810. The Balaban J connectivity index is 0.000000130. The van der Waals surface area contributed by atoms with Crippen LogP contribution in [0.1, 0.15) is 11.1 Å². The van der Waals surface area contributed by atoms with Crippen molar-refractivity contribution in [3.05, 3.63) is 307 Å². The second kappa shape index (κ2) is 20.9. The molecule has 0 bridgehead atoms. The van der Waals surface area contributed by atoms with Crippen molar-refractivity contribution in [2.45, 2.75) is 0 Å². The molecule has 0 fully saturated rings. The van der Waals surface area contributed by atoms with Crippen molar-refractivity contribution in [1.29, 1.82) is 10.5 Å². The molecule has 0 amide bonds. The van der Waals surface area contributed by atoms with Crippen molar-refractivity contribution < 1.29 is 4.39 Å². The molecule has 424 valence electrons. The lowest BCUT2D eigenvalue weighted by Crippen LogP contribution is -1.98. The molecule has 2 N–H and O–H groups in total. The molecule has 19 rings (SSSR count). The quantitative estimate of drug-likeness (QED) is 0.171. The molecule has 0 aliphatic heterocycles. The summed E-state index contributed by atoms with van der Waals surface area (Å²) in [4.78, 5) is 10.2. The molecule has 10 heteroatoms. The molecule has 0 aliphatic carbocycles. The molecular weight excluding hydrogens is 1120 g/mol. The Bertz CT molecular complexity index is 6010. The van der Waals surface area contributed by atoms with E-state index in [-0.39, 0.29) is 5.69 Å². The molecule has 0 spiro atoms. The first-order valence-electron chi connectivity index (χ1n) is 30.0. The van der Waals surface area contributed by atoms with Gasteiger partial charge in [-0.05, 0) is 103 Å². The molecule has 91 heavy (non-hydrogen) atoms. The lowest BCUT2D eigenvalue weighted by molar-refractivity contribution is 0.633. The summed E-state index contributed by atoms with van der Waals surface area (Å²) in [5.41, 5.74) is 18.9. The van der Waals surface area contributed by atoms with Crippen LogP contribution in [-0.2, 0) is 0 Å². The Kier molecular flexibility index (Phi) is 12.0. The molecule has 6 aromatic heterocycles. The number of hydrogen-bond acceptors (Lipinski definition) is 2. The summed E-state index contributed by atoms with van der Waals surface area (Å²) in [5, 5.41) is 34.7. The molecule has 0 unspecified atom stereocenters. The molecule has 0 saturated heterocycles. The molecule has 0 saturated carbocycles. The van der Waals surface area contributed by atoms with Gasteiger partial charge < -0.3 is 28.2 Å². The first-order valence-corrected chi connectivity index (χ1v) is 30.0. The number of aromatic amines is 2. The van der Waals surface area contributed by atoms with E-state index < -0.39 is 5.82 Å². The maximum absolute atomic E-state index is 12.4. The smallest absolute Gasteiger partial charge is 0.222 e. The number of rotatable bonds is 4. The van der Waals surface area contributed by atoms with Gasteiger partial charge in [-0.15, -0.1) is 0 Å². The average Bonchev–Trinajstić information content (AvgIpc) is 1.54. The fourth-order valence-electron chi connectivity index (χ4n) is 14.2. The standard InChI is InChI=1S/C44H25N5.C30H19N3.C7H4FN/c45-26-28-12-4-8-18-35(28)48-37-20-10-6-16-33(37)41-39(48)24-22-31-32-23-25-40-42(44(32)47(43(31)41)30-14-2-1-3-15-30)34-17-7-11-21-38(34)49(40)36-19-9-5-13-29(36)27-46;1-2-8-18(9-3-1)33-29-19(14-16-25-27(29)21-10-4-6-12-23(21)31-25)20-15-17-26-28(30(20)33)22-11-5-7-13-24(22)32-26;1-9-7-5-3-2-4-6(7)8/h1-25H;1-17,31-32H;2-5H. The van der Waals surface area contributed by atoms with Crippen LogP contribution < -0.4 is 0 Å². The maximum Gasteiger partial charge on any atom is 0.222 e. The van der Waals surface area contributed by atoms with E-state index >= 15 is 0 Å². The van der Waals surface area contributed by atoms with Gasteiger partial charge in [-0.2, -0.15) is 10.5 Å². The Labute approximate surface area is 519 Å². The van der Waals surface area contributed by atoms with E-state index in [1.807, 2.05) is 48.5 Å². The van der Waals surface area contributed by atoms with Gasteiger partial charge >= 0.3 is 0 Å². The van der Waals surface area contributed by atoms with Crippen LogP contribution in [0.4, 0.5) is 10.1 Å². The van der Waals surface area contributed by atoms with Gasteiger partial charge in [0, 0.05) is 98.1 Å². The van der Waals surface area contributed by atoms with Crippen LogP contribution in [0.2, 0.25) is 0 Å². The summed E-state index contributed by atoms with van der Waals surface area (Å²) >= 11 is 0. The Morgan fingerprint density at radius 3 is 1.10 bits per heavy atom. The predicted molar refractivity (Wildman–Crippen MR) is 371 cm³/mol. The fraction of sp³-hybridized carbons (Fsp3) is 0. The van der Waals surface area contributed by atoms with Crippen LogP contribution in [0, 0.1) is 35.1 Å². The highest BCUT2D eigenvalue weighted by Crippen LogP contribution is 2.48. The lowest BCUT2D eigenvalue weighted by Gasteiger charge is -2.11. The summed E-state index contributed by atoms with van der Waals surface area (Å²) in [7, 11) is 0. The van der Waals surface area contributed by atoms with Gasteiger partial charge in [-0.25, -0.2) is 9.24 Å². The van der Waals surface area contributed by atoms with Crippen LogP contribution in [0.25, 0.3) is 158 Å². The monoisotopic (exact) mass is 1170 g/mol. The highest BCUT2D eigenvalue weighted by atomic mass is 19.1. The number of benzene rings is 13. The zero-order valence-electron chi connectivity index (χ0n) is 48.6. The molecule has 13 aromatic carbocycles. The van der Waals surface area contributed by atoms with Crippen molar-refractivity contribution in [2.24, 2.45) is 0 Å². The van der Waals surface area contributed by atoms with Crippen LogP contribution in [0.5, 0.6) is 0 Å². The lowest BCUT2D eigenvalue weighted by atomic mass is 10.1. The Morgan fingerprint density at radius 1 is 0.308 bits per heavy atom. The summed E-state index contributed by atoms with van der Waals surface area (Å²) < 4.78 is 21.7. The third-order valence-electron chi connectivity index (χ3n) is 17.9. The van der Waals surface area contributed by atoms with E-state index in [0.29, 0.717) is 11.1 Å². The van der Waals surface area contributed by atoms with Gasteiger partial charge in [0.05, 0.1) is 73.2 Å². The topological polar surface area (TPSA) is 103 Å². The van der Waals surface area contributed by atoms with E-state index in [1.54, 1.807) is 12.1 Å².